The third kappa shape index (κ3) is 5.56. The molecular formula is C26H30N2O3. The molecule has 5 heteroatoms. The smallest absolute Gasteiger partial charge is 0.265 e. The Balaban J connectivity index is 1.34. The van der Waals surface area contributed by atoms with E-state index in [1.807, 2.05) is 67.6 Å². The van der Waals surface area contributed by atoms with E-state index in [0.717, 1.165) is 48.1 Å². The van der Waals surface area contributed by atoms with Crippen molar-refractivity contribution in [3.8, 4) is 11.5 Å². The fourth-order valence-corrected chi connectivity index (χ4v) is 3.86. The summed E-state index contributed by atoms with van der Waals surface area (Å²) in [5, 5.41) is 5.20. The maximum absolute atomic E-state index is 12.8. The Labute approximate surface area is 184 Å². The van der Waals surface area contributed by atoms with Crippen LogP contribution in [-0.4, -0.2) is 43.2 Å². The molecule has 1 fully saturated rings. The summed E-state index contributed by atoms with van der Waals surface area (Å²) in [5.74, 6) is 1.38. The summed E-state index contributed by atoms with van der Waals surface area (Å²) in [5.41, 5.74) is 0.737. The van der Waals surface area contributed by atoms with Gasteiger partial charge < -0.3 is 19.7 Å². The Hall–Kier alpha value is -3.05. The van der Waals surface area contributed by atoms with Gasteiger partial charge in [-0.05, 0) is 73.5 Å². The van der Waals surface area contributed by atoms with Crippen LogP contribution in [0.15, 0.2) is 66.7 Å². The monoisotopic (exact) mass is 418 g/mol. The average Bonchev–Trinajstić information content (AvgIpc) is 2.80. The van der Waals surface area contributed by atoms with Gasteiger partial charge in [-0.1, -0.05) is 37.3 Å². The number of hydrogen-bond donors (Lipinski definition) is 1. The molecule has 0 bridgehead atoms. The molecular weight excluding hydrogens is 388 g/mol. The summed E-state index contributed by atoms with van der Waals surface area (Å²) < 4.78 is 12.1. The Morgan fingerprint density at radius 1 is 1.00 bits per heavy atom. The SMILES string of the molecule is CCC(Oc1ccc2ccccc2c1)C(=O)Nc1ccc(OC2CCN(C)CC2)cc1. The van der Waals surface area contributed by atoms with E-state index in [4.69, 9.17) is 9.47 Å². The molecule has 0 aromatic heterocycles. The standard InChI is InChI=1S/C26H30N2O3/c1-3-25(31-24-11-8-19-6-4-5-7-20(19)18-24)26(29)27-21-9-12-22(13-10-21)30-23-14-16-28(2)17-15-23/h4-13,18,23,25H,3,14-17H2,1-2H3,(H,27,29). The van der Waals surface area contributed by atoms with Gasteiger partial charge in [0.2, 0.25) is 0 Å². The first kappa shape index (κ1) is 21.2. The largest absolute Gasteiger partial charge is 0.490 e. The van der Waals surface area contributed by atoms with Gasteiger partial charge in [0.25, 0.3) is 5.91 Å². The molecule has 1 aliphatic rings. The number of piperidine rings is 1. The van der Waals surface area contributed by atoms with Crippen molar-refractivity contribution >= 4 is 22.4 Å². The van der Waals surface area contributed by atoms with E-state index in [1.54, 1.807) is 0 Å². The van der Waals surface area contributed by atoms with Crippen molar-refractivity contribution in [2.45, 2.75) is 38.4 Å². The second-order valence-corrected chi connectivity index (χ2v) is 8.16. The highest BCUT2D eigenvalue weighted by atomic mass is 16.5. The predicted octanol–water partition coefficient (Wildman–Crippen LogP) is 5.11. The Bertz CT molecular complexity index is 1010. The lowest BCUT2D eigenvalue weighted by Gasteiger charge is -2.29. The molecule has 4 rings (SSSR count). The lowest BCUT2D eigenvalue weighted by atomic mass is 10.1. The van der Waals surface area contributed by atoms with Crippen molar-refractivity contribution in [3.05, 3.63) is 66.7 Å². The first-order chi connectivity index (χ1) is 15.1. The topological polar surface area (TPSA) is 50.8 Å². The fourth-order valence-electron chi connectivity index (χ4n) is 3.86. The minimum absolute atomic E-state index is 0.153. The highest BCUT2D eigenvalue weighted by Gasteiger charge is 2.20. The van der Waals surface area contributed by atoms with Crippen molar-refractivity contribution in [2.75, 3.05) is 25.5 Å². The molecule has 1 unspecified atom stereocenters. The maximum atomic E-state index is 12.8. The number of nitrogens with zero attached hydrogens (tertiary/aromatic N) is 1. The lowest BCUT2D eigenvalue weighted by Crippen LogP contribution is -2.35. The summed E-state index contributed by atoms with van der Waals surface area (Å²) in [7, 11) is 2.14. The van der Waals surface area contributed by atoms with Crippen molar-refractivity contribution in [1.82, 2.24) is 4.90 Å². The third-order valence-electron chi connectivity index (χ3n) is 5.75. The number of ether oxygens (including phenoxy) is 2. The van der Waals surface area contributed by atoms with Crippen LogP contribution in [0, 0.1) is 0 Å². The number of carbonyl (C=O) groups excluding carboxylic acids is 1. The van der Waals surface area contributed by atoms with Crippen LogP contribution in [0.1, 0.15) is 26.2 Å². The van der Waals surface area contributed by atoms with Gasteiger partial charge in [-0.2, -0.15) is 0 Å². The van der Waals surface area contributed by atoms with Gasteiger partial charge in [0.05, 0.1) is 0 Å². The third-order valence-corrected chi connectivity index (χ3v) is 5.75. The molecule has 0 aliphatic carbocycles. The molecule has 1 atom stereocenters. The molecule has 1 N–H and O–H groups in total. The number of rotatable bonds is 7. The molecule has 0 radical (unpaired) electrons. The summed E-state index contributed by atoms with van der Waals surface area (Å²) in [6.07, 6.45) is 2.36. The van der Waals surface area contributed by atoms with Crippen molar-refractivity contribution in [3.63, 3.8) is 0 Å². The fraction of sp³-hybridized carbons (Fsp3) is 0.346. The second-order valence-electron chi connectivity index (χ2n) is 8.16. The first-order valence-corrected chi connectivity index (χ1v) is 11.0. The van der Waals surface area contributed by atoms with Crippen LogP contribution in [-0.2, 0) is 4.79 Å². The number of benzene rings is 3. The van der Waals surface area contributed by atoms with Crippen molar-refractivity contribution in [2.24, 2.45) is 0 Å². The van der Waals surface area contributed by atoms with E-state index >= 15 is 0 Å². The number of fused-ring (bicyclic) bond motifs is 1. The Morgan fingerprint density at radius 3 is 2.39 bits per heavy atom. The molecule has 3 aromatic rings. The molecule has 1 saturated heterocycles. The summed E-state index contributed by atoms with van der Waals surface area (Å²) in [4.78, 5) is 15.1. The number of carbonyl (C=O) groups is 1. The summed E-state index contributed by atoms with van der Waals surface area (Å²) in [6, 6.07) is 21.6. The van der Waals surface area contributed by atoms with E-state index in [9.17, 15) is 4.79 Å². The van der Waals surface area contributed by atoms with Gasteiger partial charge in [-0.15, -0.1) is 0 Å². The molecule has 0 spiro atoms. The number of nitrogens with one attached hydrogen (secondary N) is 1. The van der Waals surface area contributed by atoms with Crippen molar-refractivity contribution in [1.29, 1.82) is 0 Å². The highest BCUT2D eigenvalue weighted by Crippen LogP contribution is 2.23. The normalized spacial score (nSPS) is 16.1. The zero-order chi connectivity index (χ0) is 21.6. The Morgan fingerprint density at radius 2 is 1.68 bits per heavy atom. The van der Waals surface area contributed by atoms with Gasteiger partial charge in [0.1, 0.15) is 17.6 Å². The van der Waals surface area contributed by atoms with Crippen LogP contribution in [0.5, 0.6) is 11.5 Å². The second kappa shape index (κ2) is 9.84. The van der Waals surface area contributed by atoms with E-state index in [2.05, 4.69) is 23.3 Å². The van der Waals surface area contributed by atoms with Gasteiger partial charge in [-0.3, -0.25) is 4.79 Å². The quantitative estimate of drug-likeness (QED) is 0.579. The predicted molar refractivity (Wildman–Crippen MR) is 125 cm³/mol. The van der Waals surface area contributed by atoms with Gasteiger partial charge >= 0.3 is 0 Å². The molecule has 162 valence electrons. The Kier molecular flexibility index (Phi) is 6.73. The van der Waals surface area contributed by atoms with Gasteiger partial charge in [0, 0.05) is 18.8 Å². The number of anilines is 1. The van der Waals surface area contributed by atoms with Crippen LogP contribution >= 0.6 is 0 Å². The molecule has 0 saturated carbocycles. The molecule has 1 aliphatic heterocycles. The minimum atomic E-state index is -0.559. The zero-order valence-electron chi connectivity index (χ0n) is 18.2. The minimum Gasteiger partial charge on any atom is -0.490 e. The zero-order valence-corrected chi connectivity index (χ0v) is 18.2. The van der Waals surface area contributed by atoms with Crippen LogP contribution in [0.25, 0.3) is 10.8 Å². The summed E-state index contributed by atoms with van der Waals surface area (Å²) >= 11 is 0. The van der Waals surface area contributed by atoms with E-state index in [-0.39, 0.29) is 12.0 Å². The average molecular weight is 419 g/mol. The van der Waals surface area contributed by atoms with E-state index in [1.165, 1.54) is 0 Å². The molecule has 3 aromatic carbocycles. The van der Waals surface area contributed by atoms with Gasteiger partial charge in [0.15, 0.2) is 6.10 Å². The van der Waals surface area contributed by atoms with Crippen LogP contribution < -0.4 is 14.8 Å². The number of likely N-dealkylation sites (tertiary alicyclic amines) is 1. The number of amides is 1. The molecule has 31 heavy (non-hydrogen) atoms. The van der Waals surface area contributed by atoms with Crippen molar-refractivity contribution < 1.29 is 14.3 Å². The molecule has 1 amide bonds. The van der Waals surface area contributed by atoms with Gasteiger partial charge in [-0.25, -0.2) is 0 Å². The highest BCUT2D eigenvalue weighted by molar-refractivity contribution is 5.94. The molecule has 5 nitrogen and oxygen atoms in total. The molecule has 1 heterocycles. The maximum Gasteiger partial charge on any atom is 0.265 e. The van der Waals surface area contributed by atoms with Crippen LogP contribution in [0.2, 0.25) is 0 Å². The lowest BCUT2D eigenvalue weighted by molar-refractivity contribution is -0.122. The summed E-state index contributed by atoms with van der Waals surface area (Å²) in [6.45, 7) is 4.08. The van der Waals surface area contributed by atoms with E-state index in [0.29, 0.717) is 12.2 Å². The number of hydrogen-bond acceptors (Lipinski definition) is 4. The van der Waals surface area contributed by atoms with Crippen LogP contribution in [0.4, 0.5) is 5.69 Å². The first-order valence-electron chi connectivity index (χ1n) is 11.0. The van der Waals surface area contributed by atoms with Crippen LogP contribution in [0.3, 0.4) is 0 Å². The van der Waals surface area contributed by atoms with E-state index < -0.39 is 6.10 Å².